The third kappa shape index (κ3) is 3.45. The fourth-order valence-electron chi connectivity index (χ4n) is 3.30. The fraction of sp³-hybridized carbons (Fsp3) is 0.444. The molecule has 0 radical (unpaired) electrons. The topological polar surface area (TPSA) is 41.4 Å². The Morgan fingerprint density at radius 2 is 2.22 bits per heavy atom. The quantitative estimate of drug-likeness (QED) is 0.871. The van der Waals surface area contributed by atoms with Gasteiger partial charge in [0.2, 0.25) is 0 Å². The van der Waals surface area contributed by atoms with Crippen LogP contribution in [-0.4, -0.2) is 46.1 Å². The molecule has 5 heteroatoms. The predicted octanol–water partition coefficient (Wildman–Crippen LogP) is 2.46. The maximum atomic E-state index is 12.1. The molecule has 0 N–H and O–H groups in total. The Kier molecular flexibility index (Phi) is 4.48. The molecule has 3 rings (SSSR count). The number of nitrogens with zero attached hydrogens (tertiary/aromatic N) is 4. The van der Waals surface area contributed by atoms with E-state index in [1.165, 1.54) is 24.0 Å². The Hall–Kier alpha value is -2.14. The second-order valence-electron chi connectivity index (χ2n) is 6.48. The summed E-state index contributed by atoms with van der Waals surface area (Å²) in [4.78, 5) is 16.2. The average Bonchev–Trinajstić information content (AvgIpc) is 3.15. The molecule has 1 fully saturated rings. The maximum absolute atomic E-state index is 12.1. The first-order chi connectivity index (χ1) is 11.0. The molecule has 23 heavy (non-hydrogen) atoms. The van der Waals surface area contributed by atoms with Gasteiger partial charge in [-0.05, 0) is 37.1 Å². The van der Waals surface area contributed by atoms with Crippen molar-refractivity contribution in [2.24, 2.45) is 7.05 Å². The van der Waals surface area contributed by atoms with E-state index in [2.05, 4.69) is 22.3 Å². The number of aromatic nitrogens is 2. The van der Waals surface area contributed by atoms with Crippen LogP contribution in [0.3, 0.4) is 0 Å². The first-order valence-corrected chi connectivity index (χ1v) is 8.08. The van der Waals surface area contributed by atoms with Crippen molar-refractivity contribution < 1.29 is 4.79 Å². The lowest BCUT2D eigenvalue weighted by atomic mass is 10.1. The number of hydrogen-bond donors (Lipinski definition) is 0. The minimum Gasteiger partial charge on any atom is -0.345 e. The zero-order valence-corrected chi connectivity index (χ0v) is 14.1. The summed E-state index contributed by atoms with van der Waals surface area (Å²) in [5.74, 6) is 0.0529. The molecule has 5 nitrogen and oxygen atoms in total. The summed E-state index contributed by atoms with van der Waals surface area (Å²) in [6.45, 7) is 1.96. The molecule has 0 spiro atoms. The Morgan fingerprint density at radius 3 is 2.91 bits per heavy atom. The number of hydrogen-bond acceptors (Lipinski definition) is 3. The maximum Gasteiger partial charge on any atom is 0.253 e. The normalized spacial score (nSPS) is 18.3. The van der Waals surface area contributed by atoms with Crippen LogP contribution in [0, 0.1) is 0 Å². The van der Waals surface area contributed by atoms with Gasteiger partial charge in [0.05, 0.1) is 6.20 Å². The van der Waals surface area contributed by atoms with E-state index in [-0.39, 0.29) is 5.91 Å². The second-order valence-corrected chi connectivity index (χ2v) is 6.48. The minimum absolute atomic E-state index is 0.0529. The van der Waals surface area contributed by atoms with Gasteiger partial charge in [-0.15, -0.1) is 0 Å². The first-order valence-electron chi connectivity index (χ1n) is 8.08. The molecule has 122 valence electrons. The molecule has 1 aliphatic heterocycles. The summed E-state index contributed by atoms with van der Waals surface area (Å²) >= 11 is 0. The van der Waals surface area contributed by atoms with Crippen molar-refractivity contribution in [3.05, 3.63) is 53.3 Å². The van der Waals surface area contributed by atoms with Crippen molar-refractivity contribution in [3.63, 3.8) is 0 Å². The van der Waals surface area contributed by atoms with Gasteiger partial charge in [-0.1, -0.05) is 12.1 Å². The van der Waals surface area contributed by atoms with Crippen LogP contribution in [0.4, 0.5) is 0 Å². The molecular formula is C18H24N4O. The monoisotopic (exact) mass is 312 g/mol. The van der Waals surface area contributed by atoms with Crippen molar-refractivity contribution in [2.75, 3.05) is 20.6 Å². The van der Waals surface area contributed by atoms with Gasteiger partial charge in [0.1, 0.15) is 0 Å². The number of carbonyl (C=O) groups is 1. The van der Waals surface area contributed by atoms with Crippen LogP contribution < -0.4 is 0 Å². The standard InChI is InChI=1S/C18H24N4O/c1-20(2)18(23)15-7-4-6-14(10-15)12-22-9-5-8-17(22)16-11-19-21(3)13-16/h4,6-7,10-11,13,17H,5,8-9,12H2,1-3H3/t17-/m1/s1. The van der Waals surface area contributed by atoms with Crippen molar-refractivity contribution in [1.29, 1.82) is 0 Å². The molecule has 0 bridgehead atoms. The van der Waals surface area contributed by atoms with E-state index in [0.717, 1.165) is 18.7 Å². The molecule has 1 aromatic carbocycles. The summed E-state index contributed by atoms with van der Waals surface area (Å²) < 4.78 is 1.86. The number of rotatable bonds is 4. The molecular weight excluding hydrogens is 288 g/mol. The second kappa shape index (κ2) is 6.54. The lowest BCUT2D eigenvalue weighted by Crippen LogP contribution is -2.24. The Bertz CT molecular complexity index is 692. The van der Waals surface area contributed by atoms with Crippen LogP contribution in [-0.2, 0) is 13.6 Å². The summed E-state index contributed by atoms with van der Waals surface area (Å²) in [6, 6.07) is 8.40. The molecule has 0 saturated carbocycles. The summed E-state index contributed by atoms with van der Waals surface area (Å²) in [5, 5.41) is 4.30. The summed E-state index contributed by atoms with van der Waals surface area (Å²) in [7, 11) is 5.53. The van der Waals surface area contributed by atoms with Crippen molar-refractivity contribution >= 4 is 5.91 Å². The number of likely N-dealkylation sites (tertiary alicyclic amines) is 1. The van der Waals surface area contributed by atoms with Crippen LogP contribution in [0.2, 0.25) is 0 Å². The highest BCUT2D eigenvalue weighted by Gasteiger charge is 2.27. The van der Waals surface area contributed by atoms with E-state index in [4.69, 9.17) is 0 Å². The Labute approximate surface area is 137 Å². The van der Waals surface area contributed by atoms with E-state index >= 15 is 0 Å². The number of benzene rings is 1. The zero-order valence-electron chi connectivity index (χ0n) is 14.1. The predicted molar refractivity (Wildman–Crippen MR) is 90.1 cm³/mol. The highest BCUT2D eigenvalue weighted by Crippen LogP contribution is 2.32. The molecule has 1 amide bonds. The molecule has 2 aromatic rings. The van der Waals surface area contributed by atoms with Gasteiger partial charge >= 0.3 is 0 Å². The van der Waals surface area contributed by atoms with Crippen molar-refractivity contribution in [2.45, 2.75) is 25.4 Å². The highest BCUT2D eigenvalue weighted by molar-refractivity contribution is 5.94. The Balaban J connectivity index is 1.76. The van der Waals surface area contributed by atoms with Crippen LogP contribution >= 0.6 is 0 Å². The zero-order chi connectivity index (χ0) is 16.4. The van der Waals surface area contributed by atoms with Gasteiger partial charge in [0, 0.05) is 51.1 Å². The lowest BCUT2D eigenvalue weighted by molar-refractivity contribution is 0.0827. The minimum atomic E-state index is 0.0529. The van der Waals surface area contributed by atoms with Gasteiger partial charge in [0.25, 0.3) is 5.91 Å². The van der Waals surface area contributed by atoms with E-state index in [9.17, 15) is 4.79 Å². The van der Waals surface area contributed by atoms with Gasteiger partial charge in [-0.2, -0.15) is 5.10 Å². The average molecular weight is 312 g/mol. The highest BCUT2D eigenvalue weighted by atomic mass is 16.2. The van der Waals surface area contributed by atoms with Gasteiger partial charge < -0.3 is 4.90 Å². The first kappa shape index (κ1) is 15.7. The van der Waals surface area contributed by atoms with Crippen LogP contribution in [0.5, 0.6) is 0 Å². The molecule has 1 atom stereocenters. The fourth-order valence-corrected chi connectivity index (χ4v) is 3.30. The van der Waals surface area contributed by atoms with E-state index < -0.39 is 0 Å². The van der Waals surface area contributed by atoms with Crippen LogP contribution in [0.25, 0.3) is 0 Å². The SMILES string of the molecule is CN(C)C(=O)c1cccc(CN2CCC[C@@H]2c2cnn(C)c2)c1. The van der Waals surface area contributed by atoms with Gasteiger partial charge in [0.15, 0.2) is 0 Å². The smallest absolute Gasteiger partial charge is 0.253 e. The van der Waals surface area contributed by atoms with E-state index in [0.29, 0.717) is 6.04 Å². The molecule has 0 unspecified atom stereocenters. The van der Waals surface area contributed by atoms with Crippen LogP contribution in [0.15, 0.2) is 36.7 Å². The van der Waals surface area contributed by atoms with Crippen molar-refractivity contribution in [3.8, 4) is 0 Å². The number of amides is 1. The van der Waals surface area contributed by atoms with Crippen molar-refractivity contribution in [1.82, 2.24) is 19.6 Å². The molecule has 1 aliphatic rings. The molecule has 2 heterocycles. The summed E-state index contributed by atoms with van der Waals surface area (Å²) in [5.41, 5.74) is 3.23. The molecule has 0 aliphatic carbocycles. The third-order valence-electron chi connectivity index (χ3n) is 4.44. The molecule has 1 aromatic heterocycles. The molecule has 1 saturated heterocycles. The van der Waals surface area contributed by atoms with Crippen LogP contribution in [0.1, 0.15) is 40.4 Å². The number of aryl methyl sites for hydroxylation is 1. The van der Waals surface area contributed by atoms with Gasteiger partial charge in [-0.3, -0.25) is 14.4 Å². The number of carbonyl (C=O) groups excluding carboxylic acids is 1. The van der Waals surface area contributed by atoms with Gasteiger partial charge in [-0.25, -0.2) is 0 Å². The van der Waals surface area contributed by atoms with E-state index in [1.54, 1.807) is 19.0 Å². The Morgan fingerprint density at radius 1 is 1.39 bits per heavy atom. The third-order valence-corrected chi connectivity index (χ3v) is 4.44. The largest absolute Gasteiger partial charge is 0.345 e. The summed E-state index contributed by atoms with van der Waals surface area (Å²) in [6.07, 6.45) is 6.45. The lowest BCUT2D eigenvalue weighted by Gasteiger charge is -2.24. The van der Waals surface area contributed by atoms with E-state index in [1.807, 2.05) is 36.1 Å².